The van der Waals surface area contributed by atoms with Crippen LogP contribution in [0, 0.1) is 6.92 Å². The number of hydrogen-bond donors (Lipinski definition) is 1. The van der Waals surface area contributed by atoms with E-state index in [1.165, 1.54) is 11.3 Å². The highest BCUT2D eigenvalue weighted by Gasteiger charge is 2.09. The van der Waals surface area contributed by atoms with Crippen LogP contribution in [0.3, 0.4) is 0 Å². The minimum Gasteiger partial charge on any atom is -0.326 e. The Hall–Kier alpha value is -1.99. The zero-order valence-corrected chi connectivity index (χ0v) is 12.8. The van der Waals surface area contributed by atoms with Crippen molar-refractivity contribution in [3.63, 3.8) is 0 Å². The van der Waals surface area contributed by atoms with Crippen molar-refractivity contribution in [2.45, 2.75) is 19.8 Å². The van der Waals surface area contributed by atoms with Gasteiger partial charge in [0.25, 0.3) is 0 Å². The number of rotatable bonds is 4. The summed E-state index contributed by atoms with van der Waals surface area (Å²) in [4.78, 5) is 12.7. The second-order valence-corrected chi connectivity index (χ2v) is 6.04. The van der Waals surface area contributed by atoms with Gasteiger partial charge in [0.1, 0.15) is 11.3 Å². The Morgan fingerprint density at radius 1 is 1.48 bits per heavy atom. The average Bonchev–Trinajstić information content (AvgIpc) is 3.01. The fourth-order valence-corrected chi connectivity index (χ4v) is 2.85. The fourth-order valence-electron chi connectivity index (χ4n) is 1.86. The summed E-state index contributed by atoms with van der Waals surface area (Å²) in [5.74, 6) is -0.0636. The van der Waals surface area contributed by atoms with Crippen molar-refractivity contribution in [1.29, 1.82) is 0 Å². The van der Waals surface area contributed by atoms with E-state index >= 15 is 0 Å². The molecule has 0 unspecified atom stereocenters. The molecule has 2 aromatic heterocycles. The van der Waals surface area contributed by atoms with Gasteiger partial charge in [-0.15, -0.1) is 10.2 Å². The van der Waals surface area contributed by atoms with E-state index in [2.05, 4.69) is 20.6 Å². The number of aryl methyl sites for hydroxylation is 2. The van der Waals surface area contributed by atoms with Crippen molar-refractivity contribution in [1.82, 2.24) is 19.8 Å². The standard InChI is InChI=1S/C13H12ClN5OS/c1-8-2-3-9(14)6-10(8)16-11(20)4-5-12-18-19-7-15-17-13(19)21-12/h2-3,6-7H,4-5H2,1H3,(H,16,20). The van der Waals surface area contributed by atoms with Gasteiger partial charge in [-0.1, -0.05) is 29.0 Å². The normalized spacial score (nSPS) is 11.0. The largest absolute Gasteiger partial charge is 0.326 e. The molecule has 3 rings (SSSR count). The first-order valence-corrected chi connectivity index (χ1v) is 7.53. The maximum atomic E-state index is 12.0. The van der Waals surface area contributed by atoms with Crippen molar-refractivity contribution >= 4 is 39.5 Å². The van der Waals surface area contributed by atoms with Gasteiger partial charge in [-0.05, 0) is 24.6 Å². The molecule has 0 fully saturated rings. The molecule has 0 bridgehead atoms. The summed E-state index contributed by atoms with van der Waals surface area (Å²) >= 11 is 7.37. The molecule has 0 aliphatic carbocycles. The van der Waals surface area contributed by atoms with Crippen molar-refractivity contribution in [2.24, 2.45) is 0 Å². The summed E-state index contributed by atoms with van der Waals surface area (Å²) in [6, 6.07) is 5.42. The number of hydrogen-bond acceptors (Lipinski definition) is 5. The number of carbonyl (C=O) groups is 1. The van der Waals surface area contributed by atoms with Crippen molar-refractivity contribution in [3.8, 4) is 0 Å². The minimum absolute atomic E-state index is 0.0636. The Labute approximate surface area is 129 Å². The van der Waals surface area contributed by atoms with Gasteiger partial charge in [0.05, 0.1) is 0 Å². The predicted molar refractivity (Wildman–Crippen MR) is 81.8 cm³/mol. The van der Waals surface area contributed by atoms with Crippen LogP contribution in [0.25, 0.3) is 4.96 Å². The van der Waals surface area contributed by atoms with E-state index in [4.69, 9.17) is 11.6 Å². The Bertz CT molecular complexity index is 768. The number of nitrogens with zero attached hydrogens (tertiary/aromatic N) is 4. The number of fused-ring (bicyclic) bond motifs is 1. The molecule has 0 saturated heterocycles. The molecule has 1 N–H and O–H groups in total. The van der Waals surface area contributed by atoms with E-state index in [1.807, 2.05) is 13.0 Å². The molecular weight excluding hydrogens is 310 g/mol. The zero-order chi connectivity index (χ0) is 14.8. The van der Waals surface area contributed by atoms with Gasteiger partial charge in [0, 0.05) is 23.6 Å². The molecular formula is C13H12ClN5OS. The third-order valence-corrected chi connectivity index (χ3v) is 4.18. The SMILES string of the molecule is Cc1ccc(Cl)cc1NC(=O)CCc1nn2cnnc2s1. The van der Waals surface area contributed by atoms with Gasteiger partial charge < -0.3 is 5.32 Å². The molecule has 0 radical (unpaired) electrons. The fraction of sp³-hybridized carbons (Fsp3) is 0.231. The minimum atomic E-state index is -0.0636. The summed E-state index contributed by atoms with van der Waals surface area (Å²) in [7, 11) is 0. The van der Waals surface area contributed by atoms with E-state index in [1.54, 1.807) is 23.0 Å². The van der Waals surface area contributed by atoms with Crippen LogP contribution in [0.2, 0.25) is 5.02 Å². The number of nitrogens with one attached hydrogen (secondary N) is 1. The van der Waals surface area contributed by atoms with Crippen molar-refractivity contribution < 1.29 is 4.79 Å². The molecule has 1 amide bonds. The highest BCUT2D eigenvalue weighted by molar-refractivity contribution is 7.16. The maximum Gasteiger partial charge on any atom is 0.234 e. The van der Waals surface area contributed by atoms with E-state index in [0.29, 0.717) is 17.9 Å². The van der Waals surface area contributed by atoms with Crippen LogP contribution in [-0.4, -0.2) is 25.7 Å². The van der Waals surface area contributed by atoms with Gasteiger partial charge in [-0.25, -0.2) is 0 Å². The topological polar surface area (TPSA) is 72.2 Å². The summed E-state index contributed by atoms with van der Waals surface area (Å²) < 4.78 is 1.61. The van der Waals surface area contributed by atoms with Crippen molar-refractivity contribution in [3.05, 3.63) is 40.1 Å². The molecule has 0 aliphatic heterocycles. The zero-order valence-electron chi connectivity index (χ0n) is 11.2. The highest BCUT2D eigenvalue weighted by atomic mass is 35.5. The highest BCUT2D eigenvalue weighted by Crippen LogP contribution is 2.20. The molecule has 3 aromatic rings. The monoisotopic (exact) mass is 321 g/mol. The van der Waals surface area contributed by atoms with Crippen LogP contribution >= 0.6 is 22.9 Å². The Morgan fingerprint density at radius 2 is 2.33 bits per heavy atom. The number of anilines is 1. The molecule has 21 heavy (non-hydrogen) atoms. The van der Waals surface area contributed by atoms with E-state index in [9.17, 15) is 4.79 Å². The third kappa shape index (κ3) is 3.20. The molecule has 0 spiro atoms. The molecule has 0 aliphatic rings. The number of amides is 1. The van der Waals surface area contributed by atoms with Gasteiger partial charge in [-0.3, -0.25) is 4.79 Å². The summed E-state index contributed by atoms with van der Waals surface area (Å²) in [6.07, 6.45) is 2.47. The predicted octanol–water partition coefficient (Wildman–Crippen LogP) is 2.72. The molecule has 2 heterocycles. The first-order chi connectivity index (χ1) is 10.1. The molecule has 0 saturated carbocycles. The molecule has 6 nitrogen and oxygen atoms in total. The van der Waals surface area contributed by atoms with E-state index in [0.717, 1.165) is 21.2 Å². The number of carbonyl (C=O) groups excluding carboxylic acids is 1. The summed E-state index contributed by atoms with van der Waals surface area (Å²) in [6.45, 7) is 1.93. The number of aromatic nitrogens is 4. The lowest BCUT2D eigenvalue weighted by Crippen LogP contribution is -2.13. The first kappa shape index (κ1) is 14.0. The second-order valence-electron chi connectivity index (χ2n) is 4.56. The molecule has 8 heteroatoms. The van der Waals surface area contributed by atoms with Gasteiger partial charge in [0.15, 0.2) is 0 Å². The smallest absolute Gasteiger partial charge is 0.234 e. The first-order valence-electron chi connectivity index (χ1n) is 6.33. The molecule has 108 valence electrons. The Kier molecular flexibility index (Phi) is 3.85. The van der Waals surface area contributed by atoms with Crippen LogP contribution in [0.1, 0.15) is 17.0 Å². The Morgan fingerprint density at radius 3 is 3.14 bits per heavy atom. The summed E-state index contributed by atoms with van der Waals surface area (Å²) in [5.41, 5.74) is 1.72. The number of halogens is 1. The number of benzene rings is 1. The lowest BCUT2D eigenvalue weighted by Gasteiger charge is -2.08. The van der Waals surface area contributed by atoms with Crippen LogP contribution in [0.5, 0.6) is 0 Å². The van der Waals surface area contributed by atoms with Crippen molar-refractivity contribution in [2.75, 3.05) is 5.32 Å². The van der Waals surface area contributed by atoms with Gasteiger partial charge in [-0.2, -0.15) is 9.61 Å². The van der Waals surface area contributed by atoms with Crippen LogP contribution < -0.4 is 5.32 Å². The summed E-state index contributed by atoms with van der Waals surface area (Å²) in [5, 5.41) is 16.3. The third-order valence-electron chi connectivity index (χ3n) is 2.97. The average molecular weight is 322 g/mol. The lowest BCUT2D eigenvalue weighted by molar-refractivity contribution is -0.116. The maximum absolute atomic E-state index is 12.0. The molecule has 1 aromatic carbocycles. The quantitative estimate of drug-likeness (QED) is 0.802. The Balaban J connectivity index is 1.61. The van der Waals surface area contributed by atoms with E-state index < -0.39 is 0 Å². The molecule has 0 atom stereocenters. The lowest BCUT2D eigenvalue weighted by atomic mass is 10.2. The van der Waals surface area contributed by atoms with Crippen LogP contribution in [0.15, 0.2) is 24.5 Å². The van der Waals surface area contributed by atoms with Crippen LogP contribution in [0.4, 0.5) is 5.69 Å². The van der Waals surface area contributed by atoms with Crippen LogP contribution in [-0.2, 0) is 11.2 Å². The van der Waals surface area contributed by atoms with Gasteiger partial charge in [0.2, 0.25) is 10.9 Å². The second kappa shape index (κ2) is 5.79. The van der Waals surface area contributed by atoms with E-state index in [-0.39, 0.29) is 5.91 Å². The van der Waals surface area contributed by atoms with Gasteiger partial charge >= 0.3 is 0 Å².